The van der Waals surface area contributed by atoms with Gasteiger partial charge in [0, 0.05) is 19.3 Å². The van der Waals surface area contributed by atoms with Gasteiger partial charge in [0.1, 0.15) is 11.9 Å². The summed E-state index contributed by atoms with van der Waals surface area (Å²) in [7, 11) is 0. The Morgan fingerprint density at radius 3 is 3.11 bits per heavy atom. The molecule has 7 heteroatoms. The monoisotopic (exact) mass is 243 g/mol. The zero-order valence-electron chi connectivity index (χ0n) is 9.74. The van der Waals surface area contributed by atoms with E-state index in [1.807, 2.05) is 6.20 Å². The summed E-state index contributed by atoms with van der Waals surface area (Å²) in [6, 6.07) is 3.66. The Bertz CT molecular complexity index is 541. The van der Waals surface area contributed by atoms with Crippen LogP contribution in [0, 0.1) is 11.3 Å². The third-order valence-corrected chi connectivity index (χ3v) is 2.36. The number of rotatable bonds is 5. The lowest BCUT2D eigenvalue weighted by Crippen LogP contribution is -2.09. The van der Waals surface area contributed by atoms with Gasteiger partial charge in [0.05, 0.1) is 23.6 Å². The summed E-state index contributed by atoms with van der Waals surface area (Å²) < 4.78 is 1.75. The van der Waals surface area contributed by atoms with Gasteiger partial charge in [-0.1, -0.05) is 5.21 Å². The number of nitrogens with two attached hydrogens (primary N) is 1. The maximum Gasteiger partial charge on any atom is 0.144 e. The molecule has 2 aromatic heterocycles. The van der Waals surface area contributed by atoms with Crippen LogP contribution in [-0.4, -0.2) is 26.5 Å². The van der Waals surface area contributed by atoms with Crippen LogP contribution in [0.3, 0.4) is 0 Å². The minimum atomic E-state index is 0.454. The van der Waals surface area contributed by atoms with E-state index in [0.717, 1.165) is 13.0 Å². The lowest BCUT2D eigenvalue weighted by molar-refractivity contribution is 0.569. The molecule has 2 rings (SSSR count). The average Bonchev–Trinajstić information content (AvgIpc) is 2.89. The maximum absolute atomic E-state index is 8.94. The molecule has 0 saturated heterocycles. The molecule has 18 heavy (non-hydrogen) atoms. The molecule has 2 aromatic rings. The van der Waals surface area contributed by atoms with Crippen molar-refractivity contribution in [3.05, 3.63) is 30.2 Å². The van der Waals surface area contributed by atoms with Gasteiger partial charge >= 0.3 is 0 Å². The molecule has 0 fully saturated rings. The zero-order chi connectivity index (χ0) is 12.8. The molecule has 0 aliphatic rings. The molecule has 0 aliphatic carbocycles. The first-order valence-corrected chi connectivity index (χ1v) is 5.53. The second-order valence-corrected chi connectivity index (χ2v) is 3.72. The van der Waals surface area contributed by atoms with E-state index in [1.165, 1.54) is 6.20 Å². The van der Waals surface area contributed by atoms with Gasteiger partial charge in [0.15, 0.2) is 0 Å². The van der Waals surface area contributed by atoms with Gasteiger partial charge in [-0.25, -0.2) is 4.98 Å². The summed E-state index contributed by atoms with van der Waals surface area (Å²) >= 11 is 0. The molecule has 2 heterocycles. The SMILES string of the molecule is N#Cc1cc(N)cnc1NCCCn1ccnn1. The van der Waals surface area contributed by atoms with E-state index in [2.05, 4.69) is 26.7 Å². The summed E-state index contributed by atoms with van der Waals surface area (Å²) in [6.07, 6.45) is 5.84. The van der Waals surface area contributed by atoms with Crippen molar-refractivity contribution in [2.24, 2.45) is 0 Å². The fraction of sp³-hybridized carbons (Fsp3) is 0.273. The third-order valence-electron chi connectivity index (χ3n) is 2.36. The van der Waals surface area contributed by atoms with Crippen molar-refractivity contribution in [2.75, 3.05) is 17.6 Å². The molecule has 0 amide bonds. The highest BCUT2D eigenvalue weighted by atomic mass is 15.4. The molecule has 3 N–H and O–H groups in total. The summed E-state index contributed by atoms with van der Waals surface area (Å²) in [5.41, 5.74) is 6.50. The van der Waals surface area contributed by atoms with E-state index in [9.17, 15) is 0 Å². The van der Waals surface area contributed by atoms with Crippen LogP contribution in [0.2, 0.25) is 0 Å². The van der Waals surface area contributed by atoms with Gasteiger partial charge in [0.25, 0.3) is 0 Å². The maximum atomic E-state index is 8.94. The van der Waals surface area contributed by atoms with Crippen molar-refractivity contribution in [2.45, 2.75) is 13.0 Å². The minimum absolute atomic E-state index is 0.454. The first kappa shape index (κ1) is 11.9. The predicted octanol–water partition coefficient (Wildman–Crippen LogP) is 0.629. The molecule has 0 atom stereocenters. The molecule has 0 unspecified atom stereocenters. The number of nitrogens with one attached hydrogen (secondary N) is 1. The topological polar surface area (TPSA) is 105 Å². The number of nitrogen functional groups attached to an aromatic ring is 1. The standard InChI is InChI=1S/C11H13N7/c12-7-9-6-10(13)8-15-11(9)14-2-1-4-18-5-3-16-17-18/h3,5-6,8H,1-2,4,13H2,(H,14,15). The number of nitriles is 1. The number of aromatic nitrogens is 4. The van der Waals surface area contributed by atoms with Gasteiger partial charge < -0.3 is 11.1 Å². The average molecular weight is 243 g/mol. The fourth-order valence-corrected chi connectivity index (χ4v) is 1.51. The third kappa shape index (κ3) is 2.95. The van der Waals surface area contributed by atoms with Gasteiger partial charge in [-0.05, 0) is 12.5 Å². The van der Waals surface area contributed by atoms with Crippen LogP contribution in [0.5, 0.6) is 0 Å². The second kappa shape index (κ2) is 5.63. The highest BCUT2D eigenvalue weighted by molar-refractivity contribution is 5.57. The number of hydrogen-bond donors (Lipinski definition) is 2. The van der Waals surface area contributed by atoms with Crippen LogP contribution in [0.4, 0.5) is 11.5 Å². The van der Waals surface area contributed by atoms with Crippen molar-refractivity contribution in [3.8, 4) is 6.07 Å². The van der Waals surface area contributed by atoms with Crippen LogP contribution in [0.25, 0.3) is 0 Å². The molecule has 92 valence electrons. The van der Waals surface area contributed by atoms with Crippen LogP contribution < -0.4 is 11.1 Å². The van der Waals surface area contributed by atoms with Crippen molar-refractivity contribution < 1.29 is 0 Å². The van der Waals surface area contributed by atoms with Gasteiger partial charge in [-0.2, -0.15) is 5.26 Å². The van der Waals surface area contributed by atoms with Crippen molar-refractivity contribution in [1.82, 2.24) is 20.0 Å². The van der Waals surface area contributed by atoms with Crippen LogP contribution in [0.15, 0.2) is 24.7 Å². The Balaban J connectivity index is 1.85. The smallest absolute Gasteiger partial charge is 0.144 e. The number of pyridine rings is 1. The molecule has 7 nitrogen and oxygen atoms in total. The highest BCUT2D eigenvalue weighted by Gasteiger charge is 2.03. The summed E-state index contributed by atoms with van der Waals surface area (Å²) in [6.45, 7) is 1.47. The second-order valence-electron chi connectivity index (χ2n) is 3.72. The lowest BCUT2D eigenvalue weighted by Gasteiger charge is -2.07. The molecular weight excluding hydrogens is 230 g/mol. The van der Waals surface area contributed by atoms with Gasteiger partial charge in [0.2, 0.25) is 0 Å². The van der Waals surface area contributed by atoms with E-state index >= 15 is 0 Å². The van der Waals surface area contributed by atoms with Crippen molar-refractivity contribution in [3.63, 3.8) is 0 Å². The van der Waals surface area contributed by atoms with Crippen molar-refractivity contribution in [1.29, 1.82) is 5.26 Å². The minimum Gasteiger partial charge on any atom is -0.397 e. The quantitative estimate of drug-likeness (QED) is 0.746. The van der Waals surface area contributed by atoms with E-state index in [1.54, 1.807) is 16.9 Å². The zero-order valence-corrected chi connectivity index (χ0v) is 9.74. The van der Waals surface area contributed by atoms with Gasteiger partial charge in [-0.15, -0.1) is 5.10 Å². The Morgan fingerprint density at radius 2 is 2.39 bits per heavy atom. The van der Waals surface area contributed by atoms with E-state index in [-0.39, 0.29) is 0 Å². The van der Waals surface area contributed by atoms with Crippen LogP contribution >= 0.6 is 0 Å². The van der Waals surface area contributed by atoms with Crippen LogP contribution in [-0.2, 0) is 6.54 Å². The lowest BCUT2D eigenvalue weighted by atomic mass is 10.2. The van der Waals surface area contributed by atoms with Crippen LogP contribution in [0.1, 0.15) is 12.0 Å². The first-order chi connectivity index (χ1) is 8.79. The molecule has 0 aromatic carbocycles. The Kier molecular flexibility index (Phi) is 3.71. The fourth-order valence-electron chi connectivity index (χ4n) is 1.51. The Morgan fingerprint density at radius 1 is 1.50 bits per heavy atom. The molecule has 0 aliphatic heterocycles. The largest absolute Gasteiger partial charge is 0.397 e. The summed E-state index contributed by atoms with van der Waals surface area (Å²) in [5, 5.41) is 19.6. The number of aryl methyl sites for hydroxylation is 1. The van der Waals surface area contributed by atoms with Gasteiger partial charge in [-0.3, -0.25) is 4.68 Å². The molecule has 0 spiro atoms. The van der Waals surface area contributed by atoms with E-state index < -0.39 is 0 Å². The molecule has 0 saturated carbocycles. The number of hydrogen-bond acceptors (Lipinski definition) is 6. The molecule has 0 bridgehead atoms. The summed E-state index contributed by atoms with van der Waals surface area (Å²) in [5.74, 6) is 0.560. The molecular formula is C11H13N7. The Hall–Kier alpha value is -2.62. The van der Waals surface area contributed by atoms with E-state index in [0.29, 0.717) is 23.6 Å². The number of nitrogens with zero attached hydrogens (tertiary/aromatic N) is 5. The number of anilines is 2. The summed E-state index contributed by atoms with van der Waals surface area (Å²) in [4.78, 5) is 4.09. The normalized spacial score (nSPS) is 9.94. The first-order valence-electron chi connectivity index (χ1n) is 5.53. The highest BCUT2D eigenvalue weighted by Crippen LogP contribution is 2.13. The van der Waals surface area contributed by atoms with Crippen molar-refractivity contribution >= 4 is 11.5 Å². The molecule has 0 radical (unpaired) electrons. The van der Waals surface area contributed by atoms with E-state index in [4.69, 9.17) is 11.0 Å². The predicted molar refractivity (Wildman–Crippen MR) is 66.5 cm³/mol. The Labute approximate surface area is 104 Å².